The molecule has 1 aromatic carbocycles. The Labute approximate surface area is 158 Å². The summed E-state index contributed by atoms with van der Waals surface area (Å²) in [6.45, 7) is 1.44. The first-order valence-electron chi connectivity index (χ1n) is 8.73. The minimum Gasteiger partial charge on any atom is -0.474 e. The Balaban J connectivity index is 1.38. The summed E-state index contributed by atoms with van der Waals surface area (Å²) in [5.74, 6) is 1.55. The fourth-order valence-electron chi connectivity index (χ4n) is 2.84. The molecule has 5 nitrogen and oxygen atoms in total. The molecule has 1 saturated heterocycles. The summed E-state index contributed by atoms with van der Waals surface area (Å²) in [6.07, 6.45) is 3.75. The number of piperidine rings is 1. The summed E-state index contributed by atoms with van der Waals surface area (Å²) in [7, 11) is 0. The Hall–Kier alpha value is -2.52. The van der Waals surface area contributed by atoms with Gasteiger partial charge in [0.25, 0.3) is 0 Å². The van der Waals surface area contributed by atoms with Crippen LogP contribution in [0.15, 0.2) is 53.6 Å². The largest absolute Gasteiger partial charge is 0.474 e. The maximum Gasteiger partial charge on any atom is 0.223 e. The van der Waals surface area contributed by atoms with Gasteiger partial charge in [0, 0.05) is 55.3 Å². The number of rotatable bonds is 6. The predicted octanol–water partition coefficient (Wildman–Crippen LogP) is 3.51. The van der Waals surface area contributed by atoms with Crippen molar-refractivity contribution in [2.45, 2.75) is 30.3 Å². The number of hydrogen-bond acceptors (Lipinski definition) is 5. The van der Waals surface area contributed by atoms with Crippen LogP contribution in [0.5, 0.6) is 5.88 Å². The summed E-state index contributed by atoms with van der Waals surface area (Å²) in [6, 6.07) is 15.6. The molecule has 26 heavy (non-hydrogen) atoms. The van der Waals surface area contributed by atoms with Crippen molar-refractivity contribution in [1.82, 2.24) is 9.88 Å². The lowest BCUT2D eigenvalue weighted by molar-refractivity contribution is -0.132. The van der Waals surface area contributed by atoms with Gasteiger partial charge in [-0.15, -0.1) is 11.8 Å². The van der Waals surface area contributed by atoms with Crippen LogP contribution in [0, 0.1) is 11.3 Å². The van der Waals surface area contributed by atoms with Crippen LogP contribution in [0.3, 0.4) is 0 Å². The van der Waals surface area contributed by atoms with Gasteiger partial charge in [-0.2, -0.15) is 5.26 Å². The average Bonchev–Trinajstić information content (AvgIpc) is 2.70. The number of thioether (sulfide) groups is 1. The van der Waals surface area contributed by atoms with E-state index in [1.807, 2.05) is 29.2 Å². The number of aromatic nitrogens is 1. The molecule has 3 rings (SSSR count). The number of hydrogen-bond donors (Lipinski definition) is 0. The molecule has 0 bridgehead atoms. The third kappa shape index (κ3) is 5.24. The molecule has 0 atom stereocenters. The van der Waals surface area contributed by atoms with Gasteiger partial charge in [-0.25, -0.2) is 4.98 Å². The number of likely N-dealkylation sites (tertiary alicyclic amines) is 1. The smallest absolute Gasteiger partial charge is 0.223 e. The molecule has 0 N–H and O–H groups in total. The molecule has 134 valence electrons. The first kappa shape index (κ1) is 18.3. The van der Waals surface area contributed by atoms with Crippen LogP contribution in [0.2, 0.25) is 0 Å². The fourth-order valence-corrected chi connectivity index (χ4v) is 3.70. The van der Waals surface area contributed by atoms with Crippen LogP contribution in [0.25, 0.3) is 0 Å². The molecule has 0 aliphatic carbocycles. The van der Waals surface area contributed by atoms with Crippen molar-refractivity contribution >= 4 is 17.7 Å². The summed E-state index contributed by atoms with van der Waals surface area (Å²) >= 11 is 1.71. The van der Waals surface area contributed by atoms with Gasteiger partial charge < -0.3 is 9.64 Å². The third-order valence-corrected chi connectivity index (χ3v) is 5.29. The van der Waals surface area contributed by atoms with Gasteiger partial charge in [0.05, 0.1) is 5.56 Å². The lowest BCUT2D eigenvalue weighted by atomic mass is 10.1. The van der Waals surface area contributed by atoms with Gasteiger partial charge in [-0.1, -0.05) is 18.2 Å². The molecule has 0 radical (unpaired) electrons. The third-order valence-electron chi connectivity index (χ3n) is 4.28. The first-order chi connectivity index (χ1) is 12.7. The molecule has 1 amide bonds. The normalized spacial score (nSPS) is 14.7. The average molecular weight is 367 g/mol. The second kappa shape index (κ2) is 9.25. The second-order valence-corrected chi connectivity index (χ2v) is 7.27. The Morgan fingerprint density at radius 3 is 2.65 bits per heavy atom. The molecular formula is C20H21N3O2S. The molecule has 6 heteroatoms. The first-order valence-corrected chi connectivity index (χ1v) is 9.71. The minimum atomic E-state index is 0.0678. The standard InChI is InChI=1S/C20H21N3O2S/c21-14-16-6-7-19(22-15-16)25-17-8-11-23(12-9-17)20(24)10-13-26-18-4-2-1-3-5-18/h1-7,15,17H,8-13H2. The lowest BCUT2D eigenvalue weighted by Gasteiger charge is -2.32. The predicted molar refractivity (Wildman–Crippen MR) is 101 cm³/mol. The summed E-state index contributed by atoms with van der Waals surface area (Å²) < 4.78 is 5.86. The molecule has 1 fully saturated rings. The van der Waals surface area contributed by atoms with Crippen LogP contribution in [-0.2, 0) is 4.79 Å². The van der Waals surface area contributed by atoms with Crippen LogP contribution in [-0.4, -0.2) is 40.7 Å². The highest BCUT2D eigenvalue weighted by Gasteiger charge is 2.23. The number of carbonyl (C=O) groups is 1. The number of ether oxygens (including phenoxy) is 1. The van der Waals surface area contributed by atoms with Crippen LogP contribution < -0.4 is 4.74 Å². The summed E-state index contributed by atoms with van der Waals surface area (Å²) in [5, 5.41) is 8.79. The summed E-state index contributed by atoms with van der Waals surface area (Å²) in [5.41, 5.74) is 0.520. The molecule has 1 aliphatic rings. The highest BCUT2D eigenvalue weighted by Crippen LogP contribution is 2.20. The fraction of sp³-hybridized carbons (Fsp3) is 0.350. The van der Waals surface area contributed by atoms with E-state index < -0.39 is 0 Å². The molecule has 1 aliphatic heterocycles. The Kier molecular flexibility index (Phi) is 6.50. The van der Waals surface area contributed by atoms with Crippen LogP contribution in [0.1, 0.15) is 24.8 Å². The SMILES string of the molecule is N#Cc1ccc(OC2CCN(C(=O)CCSc3ccccc3)CC2)nc1. The maximum atomic E-state index is 12.4. The van der Waals surface area contributed by atoms with Crippen molar-refractivity contribution in [1.29, 1.82) is 5.26 Å². The summed E-state index contributed by atoms with van der Waals surface area (Å²) in [4.78, 5) is 19.6. The number of nitriles is 1. The highest BCUT2D eigenvalue weighted by molar-refractivity contribution is 7.99. The molecule has 0 spiro atoms. The molecule has 2 aromatic rings. The van der Waals surface area contributed by atoms with Gasteiger partial charge in [0.2, 0.25) is 11.8 Å². The van der Waals surface area contributed by atoms with E-state index in [4.69, 9.17) is 10.00 Å². The number of amides is 1. The van der Waals surface area contributed by atoms with Crippen molar-refractivity contribution in [2.24, 2.45) is 0 Å². The zero-order valence-electron chi connectivity index (χ0n) is 14.5. The molecule has 0 unspecified atom stereocenters. The molecule has 2 heterocycles. The van der Waals surface area contributed by atoms with E-state index in [1.54, 1.807) is 23.9 Å². The van der Waals surface area contributed by atoms with E-state index in [1.165, 1.54) is 11.1 Å². The van der Waals surface area contributed by atoms with Gasteiger partial charge in [-0.05, 0) is 18.2 Å². The van der Waals surface area contributed by atoms with Crippen molar-refractivity contribution in [2.75, 3.05) is 18.8 Å². The van der Waals surface area contributed by atoms with E-state index in [-0.39, 0.29) is 12.0 Å². The number of carbonyl (C=O) groups excluding carboxylic acids is 1. The topological polar surface area (TPSA) is 66.2 Å². The van der Waals surface area contributed by atoms with Gasteiger partial charge >= 0.3 is 0 Å². The number of pyridine rings is 1. The number of benzene rings is 1. The lowest BCUT2D eigenvalue weighted by Crippen LogP contribution is -2.42. The zero-order chi connectivity index (χ0) is 18.2. The second-order valence-electron chi connectivity index (χ2n) is 6.11. The maximum absolute atomic E-state index is 12.4. The molecule has 1 aromatic heterocycles. The van der Waals surface area contributed by atoms with Crippen molar-refractivity contribution in [3.63, 3.8) is 0 Å². The Morgan fingerprint density at radius 2 is 2.00 bits per heavy atom. The van der Waals surface area contributed by atoms with E-state index in [2.05, 4.69) is 17.1 Å². The van der Waals surface area contributed by atoms with E-state index >= 15 is 0 Å². The van der Waals surface area contributed by atoms with Gasteiger partial charge in [-0.3, -0.25) is 4.79 Å². The van der Waals surface area contributed by atoms with Crippen molar-refractivity contribution < 1.29 is 9.53 Å². The minimum absolute atomic E-state index is 0.0678. The van der Waals surface area contributed by atoms with Crippen molar-refractivity contribution in [3.05, 3.63) is 54.2 Å². The van der Waals surface area contributed by atoms with Crippen LogP contribution >= 0.6 is 11.8 Å². The Bertz CT molecular complexity index is 751. The molecular weight excluding hydrogens is 346 g/mol. The van der Waals surface area contributed by atoms with E-state index in [0.29, 0.717) is 17.9 Å². The van der Waals surface area contributed by atoms with E-state index in [0.717, 1.165) is 31.7 Å². The monoisotopic (exact) mass is 367 g/mol. The Morgan fingerprint density at radius 1 is 1.23 bits per heavy atom. The molecule has 0 saturated carbocycles. The number of nitrogens with zero attached hydrogens (tertiary/aromatic N) is 3. The van der Waals surface area contributed by atoms with Crippen molar-refractivity contribution in [3.8, 4) is 11.9 Å². The van der Waals surface area contributed by atoms with E-state index in [9.17, 15) is 4.79 Å². The van der Waals surface area contributed by atoms with Gasteiger partial charge in [0.1, 0.15) is 12.2 Å². The quantitative estimate of drug-likeness (QED) is 0.731. The zero-order valence-corrected chi connectivity index (χ0v) is 15.3. The highest BCUT2D eigenvalue weighted by atomic mass is 32.2. The van der Waals surface area contributed by atoms with Gasteiger partial charge in [0.15, 0.2) is 0 Å². The van der Waals surface area contributed by atoms with Crippen LogP contribution in [0.4, 0.5) is 0 Å².